The molecule has 2 unspecified atom stereocenters. The minimum atomic E-state index is -0.102. The average molecular weight is 217 g/mol. The maximum Gasteiger partial charge on any atom is 0.324 e. The van der Waals surface area contributed by atoms with Crippen LogP contribution in [0.4, 0.5) is 0 Å². The zero-order chi connectivity index (χ0) is 10.6. The highest BCUT2D eigenvalue weighted by atomic mass is 32.2. The smallest absolute Gasteiger partial charge is 0.324 e. The number of hydrogen-bond donors (Lipinski definition) is 1. The minimum absolute atomic E-state index is 0.0104. The third-order valence-corrected chi connectivity index (χ3v) is 3.51. The number of esters is 1. The summed E-state index contributed by atoms with van der Waals surface area (Å²) in [7, 11) is 0. The molecule has 0 aromatic rings. The molecular weight excluding hydrogens is 198 g/mol. The van der Waals surface area contributed by atoms with E-state index >= 15 is 0 Å². The number of carbonyl (C=O) groups excluding carboxylic acids is 1. The zero-order valence-corrected chi connectivity index (χ0v) is 9.89. The van der Waals surface area contributed by atoms with Crippen LogP contribution in [-0.4, -0.2) is 36.2 Å². The first kappa shape index (κ1) is 11.9. The number of carbonyl (C=O) groups is 1. The molecule has 14 heavy (non-hydrogen) atoms. The van der Waals surface area contributed by atoms with Crippen LogP contribution in [0.25, 0.3) is 0 Å². The fourth-order valence-electron chi connectivity index (χ4n) is 1.12. The van der Waals surface area contributed by atoms with E-state index in [-0.39, 0.29) is 18.1 Å². The van der Waals surface area contributed by atoms with Gasteiger partial charge in [0, 0.05) is 18.1 Å². The molecule has 0 aromatic heterocycles. The molecule has 0 saturated carbocycles. The standard InChI is InChI=1S/C10H19NO2S/c1-7(2)8(3)13-10(12)9-6-14-5-4-11-9/h7-9,11H,4-6H2,1-3H3. The zero-order valence-electron chi connectivity index (χ0n) is 9.08. The van der Waals surface area contributed by atoms with Crippen molar-refractivity contribution in [2.24, 2.45) is 5.92 Å². The molecule has 4 heteroatoms. The maximum atomic E-state index is 11.6. The predicted molar refractivity (Wildman–Crippen MR) is 59.5 cm³/mol. The van der Waals surface area contributed by atoms with Gasteiger partial charge < -0.3 is 10.1 Å². The van der Waals surface area contributed by atoms with Crippen LogP contribution < -0.4 is 5.32 Å². The van der Waals surface area contributed by atoms with Gasteiger partial charge in [-0.25, -0.2) is 0 Å². The summed E-state index contributed by atoms with van der Waals surface area (Å²) in [5.41, 5.74) is 0. The highest BCUT2D eigenvalue weighted by Crippen LogP contribution is 2.12. The van der Waals surface area contributed by atoms with Crippen LogP contribution in [0.2, 0.25) is 0 Å². The van der Waals surface area contributed by atoms with Gasteiger partial charge in [0.25, 0.3) is 0 Å². The number of hydrogen-bond acceptors (Lipinski definition) is 4. The summed E-state index contributed by atoms with van der Waals surface area (Å²) in [5.74, 6) is 2.21. The molecule has 0 bridgehead atoms. The predicted octanol–water partition coefficient (Wildman–Crippen LogP) is 1.28. The number of ether oxygens (including phenoxy) is 1. The van der Waals surface area contributed by atoms with E-state index in [0.717, 1.165) is 18.1 Å². The molecule has 1 aliphatic heterocycles. The highest BCUT2D eigenvalue weighted by Gasteiger charge is 2.24. The van der Waals surface area contributed by atoms with Gasteiger partial charge in [0.1, 0.15) is 12.1 Å². The van der Waals surface area contributed by atoms with E-state index < -0.39 is 0 Å². The van der Waals surface area contributed by atoms with Gasteiger partial charge in [0.05, 0.1) is 0 Å². The number of rotatable bonds is 3. The molecule has 1 N–H and O–H groups in total. The Morgan fingerprint density at radius 2 is 2.21 bits per heavy atom. The van der Waals surface area contributed by atoms with Gasteiger partial charge in [-0.1, -0.05) is 13.8 Å². The summed E-state index contributed by atoms with van der Waals surface area (Å²) in [4.78, 5) is 11.6. The second-order valence-corrected chi connectivity index (χ2v) is 5.12. The summed E-state index contributed by atoms with van der Waals surface area (Å²) < 4.78 is 5.34. The Bertz CT molecular complexity index is 191. The lowest BCUT2D eigenvalue weighted by atomic mass is 10.1. The van der Waals surface area contributed by atoms with Crippen molar-refractivity contribution >= 4 is 17.7 Å². The van der Waals surface area contributed by atoms with Crippen molar-refractivity contribution < 1.29 is 9.53 Å². The fourth-order valence-corrected chi connectivity index (χ4v) is 2.04. The number of thioether (sulfide) groups is 1. The van der Waals surface area contributed by atoms with Gasteiger partial charge in [-0.3, -0.25) is 4.79 Å². The monoisotopic (exact) mass is 217 g/mol. The summed E-state index contributed by atoms with van der Waals surface area (Å²) >= 11 is 1.80. The van der Waals surface area contributed by atoms with Crippen molar-refractivity contribution in [1.82, 2.24) is 5.32 Å². The molecule has 0 aliphatic carbocycles. The Hall–Kier alpha value is -0.220. The van der Waals surface area contributed by atoms with E-state index in [1.54, 1.807) is 11.8 Å². The van der Waals surface area contributed by atoms with E-state index in [2.05, 4.69) is 19.2 Å². The Kier molecular flexibility index (Phi) is 4.75. The highest BCUT2D eigenvalue weighted by molar-refractivity contribution is 7.99. The molecule has 0 aromatic carbocycles. The third-order valence-electron chi connectivity index (χ3n) is 2.45. The van der Waals surface area contributed by atoms with Crippen molar-refractivity contribution in [3.05, 3.63) is 0 Å². The van der Waals surface area contributed by atoms with Crippen LogP contribution >= 0.6 is 11.8 Å². The first-order valence-corrected chi connectivity index (χ1v) is 6.28. The molecule has 3 nitrogen and oxygen atoms in total. The van der Waals surface area contributed by atoms with Gasteiger partial charge in [0.2, 0.25) is 0 Å². The van der Waals surface area contributed by atoms with Crippen LogP contribution in [0.3, 0.4) is 0 Å². The van der Waals surface area contributed by atoms with Crippen molar-refractivity contribution in [3.63, 3.8) is 0 Å². The molecule has 1 aliphatic rings. The summed E-state index contributed by atoms with van der Waals surface area (Å²) in [6, 6.07) is -0.102. The van der Waals surface area contributed by atoms with Gasteiger partial charge in [-0.05, 0) is 12.8 Å². The molecule has 0 radical (unpaired) electrons. The van der Waals surface area contributed by atoms with E-state index in [0.29, 0.717) is 5.92 Å². The molecule has 1 rings (SSSR count). The largest absolute Gasteiger partial charge is 0.461 e. The average Bonchev–Trinajstić information content (AvgIpc) is 2.19. The molecule has 82 valence electrons. The summed E-state index contributed by atoms with van der Waals surface area (Å²) in [5, 5.41) is 3.17. The van der Waals surface area contributed by atoms with E-state index in [1.165, 1.54) is 0 Å². The summed E-state index contributed by atoms with van der Waals surface area (Å²) in [6.45, 7) is 6.96. The maximum absolute atomic E-state index is 11.6. The van der Waals surface area contributed by atoms with Crippen molar-refractivity contribution in [2.45, 2.75) is 32.9 Å². The first-order chi connectivity index (χ1) is 6.61. The van der Waals surface area contributed by atoms with E-state index in [9.17, 15) is 4.79 Å². The van der Waals surface area contributed by atoms with E-state index in [4.69, 9.17) is 4.74 Å². The second-order valence-electron chi connectivity index (χ2n) is 3.97. The van der Waals surface area contributed by atoms with Crippen molar-refractivity contribution in [3.8, 4) is 0 Å². The van der Waals surface area contributed by atoms with Crippen LogP contribution in [0.5, 0.6) is 0 Å². The second kappa shape index (κ2) is 5.61. The quantitative estimate of drug-likeness (QED) is 0.723. The van der Waals surface area contributed by atoms with Crippen LogP contribution in [0.15, 0.2) is 0 Å². The minimum Gasteiger partial charge on any atom is -0.461 e. The Morgan fingerprint density at radius 1 is 1.50 bits per heavy atom. The van der Waals surface area contributed by atoms with Crippen molar-refractivity contribution in [2.75, 3.05) is 18.1 Å². The van der Waals surface area contributed by atoms with Crippen LogP contribution in [-0.2, 0) is 9.53 Å². The first-order valence-electron chi connectivity index (χ1n) is 5.13. The van der Waals surface area contributed by atoms with Gasteiger partial charge in [-0.2, -0.15) is 11.8 Å². The van der Waals surface area contributed by atoms with Crippen molar-refractivity contribution in [1.29, 1.82) is 0 Å². The lowest BCUT2D eigenvalue weighted by Gasteiger charge is -2.24. The lowest BCUT2D eigenvalue weighted by molar-refractivity contribution is -0.152. The lowest BCUT2D eigenvalue weighted by Crippen LogP contribution is -2.45. The molecule has 1 fully saturated rings. The van der Waals surface area contributed by atoms with Gasteiger partial charge in [-0.15, -0.1) is 0 Å². The molecule has 0 amide bonds. The molecular formula is C10H19NO2S. The van der Waals surface area contributed by atoms with Gasteiger partial charge >= 0.3 is 5.97 Å². The Labute approximate surface area is 90.0 Å². The van der Waals surface area contributed by atoms with Crippen LogP contribution in [0.1, 0.15) is 20.8 Å². The van der Waals surface area contributed by atoms with Gasteiger partial charge in [0.15, 0.2) is 0 Å². The molecule has 1 saturated heterocycles. The SMILES string of the molecule is CC(C)C(C)OC(=O)C1CSCCN1. The van der Waals surface area contributed by atoms with Crippen LogP contribution in [0, 0.1) is 5.92 Å². The normalized spacial score (nSPS) is 24.7. The fraction of sp³-hybridized carbons (Fsp3) is 0.900. The Morgan fingerprint density at radius 3 is 2.71 bits per heavy atom. The molecule has 1 heterocycles. The number of nitrogens with one attached hydrogen (secondary N) is 1. The topological polar surface area (TPSA) is 38.3 Å². The summed E-state index contributed by atoms with van der Waals surface area (Å²) in [6.07, 6.45) is 0.0104. The molecule has 0 spiro atoms. The Balaban J connectivity index is 2.33. The molecule has 2 atom stereocenters. The van der Waals surface area contributed by atoms with E-state index in [1.807, 2.05) is 6.92 Å². The third kappa shape index (κ3) is 3.50.